The van der Waals surface area contributed by atoms with Crippen molar-refractivity contribution >= 4 is 12.2 Å². The maximum atomic E-state index is 14.1. The van der Waals surface area contributed by atoms with Crippen molar-refractivity contribution in [3.8, 4) is 0 Å². The number of alkyl halides is 1. The molecule has 2 aliphatic rings. The first-order valence-corrected chi connectivity index (χ1v) is 6.21. The van der Waals surface area contributed by atoms with E-state index in [1.165, 1.54) is 17.2 Å². The highest BCUT2D eigenvalue weighted by molar-refractivity contribution is 5.76. The lowest BCUT2D eigenvalue weighted by molar-refractivity contribution is -0.0465. The molecule has 3 heterocycles. The normalized spacial score (nSPS) is 36.5. The van der Waals surface area contributed by atoms with E-state index in [2.05, 4.69) is 15.3 Å². The van der Waals surface area contributed by atoms with E-state index in [9.17, 15) is 14.6 Å². The Morgan fingerprint density at radius 1 is 1.50 bits per heavy atom. The van der Waals surface area contributed by atoms with E-state index >= 15 is 0 Å². The minimum Gasteiger partial charge on any atom is -0.394 e. The largest absolute Gasteiger partial charge is 0.394 e. The average Bonchev–Trinajstić information content (AvgIpc) is 2.92. The molecule has 4 N–H and O–H groups in total. The molecule has 1 fully saturated rings. The Morgan fingerprint density at radius 3 is 3.00 bits per heavy atom. The second-order valence-corrected chi connectivity index (χ2v) is 4.72. The summed E-state index contributed by atoms with van der Waals surface area (Å²) < 4.78 is 20.7. The van der Waals surface area contributed by atoms with Gasteiger partial charge in [-0.3, -0.25) is 9.56 Å². The minimum atomic E-state index is -1.70. The third-order valence-corrected chi connectivity index (χ3v) is 3.46. The molecule has 0 spiro atoms. The van der Waals surface area contributed by atoms with Gasteiger partial charge in [0.1, 0.15) is 29.8 Å². The van der Waals surface area contributed by atoms with Crippen LogP contribution in [-0.2, 0) is 4.74 Å². The number of nitrogens with one attached hydrogen (secondary N) is 1. The second kappa shape index (κ2) is 5.09. The Bertz CT molecular complexity index is 523. The van der Waals surface area contributed by atoms with Gasteiger partial charge in [-0.15, -0.1) is 0 Å². The van der Waals surface area contributed by atoms with Crippen molar-refractivity contribution in [2.75, 3.05) is 18.5 Å². The molecule has 3 rings (SSSR count). The van der Waals surface area contributed by atoms with Crippen LogP contribution in [0.25, 0.3) is 0 Å². The molecule has 1 aromatic rings. The number of aliphatic hydroxyl groups excluding tert-OH is 3. The minimum absolute atomic E-state index is 0.156. The number of rotatable bonds is 2. The number of fused-ring (bicyclic) bond motifs is 1. The Labute approximate surface area is 113 Å². The number of nitrogens with zero attached hydrogens (tertiary/aromatic N) is 3. The molecule has 0 saturated carbocycles. The summed E-state index contributed by atoms with van der Waals surface area (Å²) in [5, 5.41) is 31.4. The zero-order chi connectivity index (χ0) is 14.3. The standard InChI is InChI=1S/C11H15FN4O4/c12-7-9(19)6(2-17)20-11(7)16-4-15-8-5(18)1-13-3-14-10(8)16/h3-7,9,11,17-19H,1-2H2,(H,13,14)/t5?,6-,7-,9-,11-/m1/s1. The van der Waals surface area contributed by atoms with Gasteiger partial charge in [0.05, 0.1) is 25.8 Å². The van der Waals surface area contributed by atoms with Gasteiger partial charge in [-0.25, -0.2) is 9.37 Å². The molecule has 0 aliphatic carbocycles. The van der Waals surface area contributed by atoms with Gasteiger partial charge in [-0.2, -0.15) is 0 Å². The smallest absolute Gasteiger partial charge is 0.173 e. The highest BCUT2D eigenvalue weighted by Crippen LogP contribution is 2.36. The van der Waals surface area contributed by atoms with Crippen LogP contribution in [0.1, 0.15) is 18.0 Å². The maximum Gasteiger partial charge on any atom is 0.173 e. The van der Waals surface area contributed by atoms with Crippen LogP contribution in [0.3, 0.4) is 0 Å². The quantitative estimate of drug-likeness (QED) is 0.552. The Morgan fingerprint density at radius 2 is 2.30 bits per heavy atom. The average molecular weight is 286 g/mol. The number of aliphatic hydroxyl groups is 3. The van der Waals surface area contributed by atoms with Crippen LogP contribution < -0.4 is 5.32 Å². The van der Waals surface area contributed by atoms with Crippen LogP contribution in [0, 0.1) is 0 Å². The molecule has 1 saturated heterocycles. The van der Waals surface area contributed by atoms with E-state index in [0.717, 1.165) is 0 Å². The molecular formula is C11H15FN4O4. The molecule has 0 amide bonds. The van der Waals surface area contributed by atoms with Crippen molar-refractivity contribution in [2.45, 2.75) is 30.7 Å². The molecule has 5 atom stereocenters. The van der Waals surface area contributed by atoms with Crippen LogP contribution in [-0.4, -0.2) is 62.7 Å². The molecule has 0 radical (unpaired) electrons. The van der Waals surface area contributed by atoms with Gasteiger partial charge in [-0.1, -0.05) is 0 Å². The lowest BCUT2D eigenvalue weighted by Gasteiger charge is -2.17. The van der Waals surface area contributed by atoms with Crippen molar-refractivity contribution in [1.29, 1.82) is 0 Å². The van der Waals surface area contributed by atoms with Crippen molar-refractivity contribution in [2.24, 2.45) is 4.99 Å². The number of halogens is 1. The van der Waals surface area contributed by atoms with E-state index in [0.29, 0.717) is 11.5 Å². The van der Waals surface area contributed by atoms with E-state index in [4.69, 9.17) is 9.84 Å². The monoisotopic (exact) mass is 286 g/mol. The topological polar surface area (TPSA) is 112 Å². The molecule has 1 unspecified atom stereocenters. The number of imidazole rings is 1. The number of aliphatic imine (C=N–C) groups is 1. The first-order valence-electron chi connectivity index (χ1n) is 6.21. The summed E-state index contributed by atoms with van der Waals surface area (Å²) in [4.78, 5) is 7.94. The van der Waals surface area contributed by atoms with Crippen LogP contribution >= 0.6 is 0 Å². The highest BCUT2D eigenvalue weighted by Gasteiger charge is 2.45. The van der Waals surface area contributed by atoms with E-state index in [1.54, 1.807) is 0 Å². The number of ether oxygens (including phenoxy) is 1. The van der Waals surface area contributed by atoms with Gasteiger partial charge in [0.2, 0.25) is 0 Å². The van der Waals surface area contributed by atoms with Crippen molar-refractivity contribution in [3.05, 3.63) is 12.0 Å². The second-order valence-electron chi connectivity index (χ2n) is 4.72. The lowest BCUT2D eigenvalue weighted by Crippen LogP contribution is -2.30. The van der Waals surface area contributed by atoms with Crippen LogP contribution in [0.4, 0.5) is 10.2 Å². The molecule has 2 aliphatic heterocycles. The molecule has 9 heteroatoms. The van der Waals surface area contributed by atoms with Crippen LogP contribution in [0.15, 0.2) is 11.3 Å². The molecule has 0 aromatic carbocycles. The number of hydrogen-bond donors (Lipinski definition) is 4. The first kappa shape index (κ1) is 13.4. The Kier molecular flexibility index (Phi) is 3.42. The molecule has 0 bridgehead atoms. The summed E-state index contributed by atoms with van der Waals surface area (Å²) in [6, 6.07) is 0. The number of hydrogen-bond acceptors (Lipinski definition) is 7. The predicted molar refractivity (Wildman–Crippen MR) is 66.1 cm³/mol. The summed E-state index contributed by atoms with van der Waals surface area (Å²) in [6.07, 6.45) is -3.41. The summed E-state index contributed by atoms with van der Waals surface area (Å²) in [7, 11) is 0. The van der Waals surface area contributed by atoms with Gasteiger partial charge >= 0.3 is 0 Å². The van der Waals surface area contributed by atoms with Gasteiger partial charge in [-0.05, 0) is 0 Å². The van der Waals surface area contributed by atoms with Gasteiger partial charge in [0, 0.05) is 0 Å². The summed E-state index contributed by atoms with van der Waals surface area (Å²) in [5.74, 6) is 0.359. The van der Waals surface area contributed by atoms with Gasteiger partial charge in [0.15, 0.2) is 12.4 Å². The van der Waals surface area contributed by atoms with E-state index < -0.39 is 37.3 Å². The van der Waals surface area contributed by atoms with Gasteiger partial charge in [0.25, 0.3) is 0 Å². The maximum absolute atomic E-state index is 14.1. The van der Waals surface area contributed by atoms with Gasteiger partial charge < -0.3 is 25.4 Å². The fourth-order valence-corrected chi connectivity index (χ4v) is 2.39. The van der Waals surface area contributed by atoms with Crippen LogP contribution in [0.5, 0.6) is 0 Å². The highest BCUT2D eigenvalue weighted by atomic mass is 19.1. The lowest BCUT2D eigenvalue weighted by atomic mass is 10.1. The predicted octanol–water partition coefficient (Wildman–Crippen LogP) is -1.04. The molecule has 20 heavy (non-hydrogen) atoms. The summed E-state index contributed by atoms with van der Waals surface area (Å²) in [5.41, 5.74) is 0.334. The zero-order valence-corrected chi connectivity index (χ0v) is 10.4. The fraction of sp³-hybridized carbons (Fsp3) is 0.636. The zero-order valence-electron chi connectivity index (χ0n) is 10.4. The number of aromatic nitrogens is 2. The molecule has 8 nitrogen and oxygen atoms in total. The van der Waals surface area contributed by atoms with Crippen molar-refractivity contribution in [3.63, 3.8) is 0 Å². The SMILES string of the molecule is OC[C@H]1O[C@@H](n2cnc3c2NC=NCC3O)[C@H](F)[C@@H]1O. The molecule has 110 valence electrons. The number of anilines is 1. The Hall–Kier alpha value is -1.55. The first-order chi connectivity index (χ1) is 9.63. The van der Waals surface area contributed by atoms with Crippen LogP contribution in [0.2, 0.25) is 0 Å². The van der Waals surface area contributed by atoms with E-state index in [-0.39, 0.29) is 6.54 Å². The fourth-order valence-electron chi connectivity index (χ4n) is 2.39. The van der Waals surface area contributed by atoms with Crippen molar-refractivity contribution in [1.82, 2.24) is 9.55 Å². The van der Waals surface area contributed by atoms with Crippen molar-refractivity contribution < 1.29 is 24.4 Å². The molecule has 1 aromatic heterocycles. The molecular weight excluding hydrogens is 271 g/mol. The Balaban J connectivity index is 1.94. The summed E-state index contributed by atoms with van der Waals surface area (Å²) >= 11 is 0. The third-order valence-electron chi connectivity index (χ3n) is 3.46. The summed E-state index contributed by atoms with van der Waals surface area (Å²) in [6.45, 7) is -0.323. The van der Waals surface area contributed by atoms with E-state index in [1.807, 2.05) is 0 Å². The third kappa shape index (κ3) is 1.99.